The van der Waals surface area contributed by atoms with Gasteiger partial charge in [-0.15, -0.1) is 0 Å². The molecule has 0 spiro atoms. The van der Waals surface area contributed by atoms with Gasteiger partial charge in [0.05, 0.1) is 29.4 Å². The van der Waals surface area contributed by atoms with E-state index in [4.69, 9.17) is 5.73 Å². The highest BCUT2D eigenvalue weighted by atomic mass is 32.2. The number of sulfonamides is 1. The maximum absolute atomic E-state index is 12.0. The fraction of sp³-hybridized carbons (Fsp3) is 0.333. The Labute approximate surface area is 122 Å². The molecule has 2 amide bonds. The van der Waals surface area contributed by atoms with Crippen LogP contribution in [0.1, 0.15) is 0 Å². The number of nitrogen functional groups attached to an aromatic ring is 1. The second kappa shape index (κ2) is 5.34. The summed E-state index contributed by atoms with van der Waals surface area (Å²) in [7, 11) is -0.732. The zero-order valence-corrected chi connectivity index (χ0v) is 12.5. The third kappa shape index (κ3) is 2.98. The number of anilines is 2. The Morgan fingerprint density at radius 1 is 1.19 bits per heavy atom. The Kier molecular flexibility index (Phi) is 3.88. The Morgan fingerprint density at radius 3 is 2.24 bits per heavy atom. The van der Waals surface area contributed by atoms with Gasteiger partial charge >= 0.3 is 0 Å². The molecule has 0 atom stereocenters. The van der Waals surface area contributed by atoms with E-state index in [1.807, 2.05) is 0 Å². The van der Waals surface area contributed by atoms with Crippen molar-refractivity contribution < 1.29 is 18.0 Å². The summed E-state index contributed by atoms with van der Waals surface area (Å²) in [6.45, 7) is -0.00850. The van der Waals surface area contributed by atoms with Crippen LogP contribution in [0.4, 0.5) is 11.4 Å². The van der Waals surface area contributed by atoms with Crippen molar-refractivity contribution in [2.45, 2.75) is 4.90 Å². The van der Waals surface area contributed by atoms with Gasteiger partial charge in [0.25, 0.3) is 0 Å². The molecule has 1 saturated heterocycles. The monoisotopic (exact) mass is 312 g/mol. The van der Waals surface area contributed by atoms with E-state index in [9.17, 15) is 18.0 Å². The summed E-state index contributed by atoms with van der Waals surface area (Å²) in [6.07, 6.45) is 0. The number of hydrogen-bond acceptors (Lipinski definition) is 6. The fourth-order valence-electron chi connectivity index (χ4n) is 2.00. The van der Waals surface area contributed by atoms with E-state index in [-0.39, 0.29) is 23.7 Å². The topological polar surface area (TPSA) is 113 Å². The van der Waals surface area contributed by atoms with Gasteiger partial charge in [0.15, 0.2) is 0 Å². The number of nitrogens with zero attached hydrogens (tertiary/aromatic N) is 2. The van der Waals surface area contributed by atoms with Crippen molar-refractivity contribution in [2.75, 3.05) is 37.8 Å². The lowest BCUT2D eigenvalue weighted by atomic mass is 10.2. The minimum atomic E-state index is -3.58. The van der Waals surface area contributed by atoms with Gasteiger partial charge in [-0.05, 0) is 18.2 Å². The Hall–Kier alpha value is -2.13. The molecule has 1 fully saturated rings. The Bertz CT molecular complexity index is 683. The third-order valence-corrected chi connectivity index (χ3v) is 4.88. The molecule has 114 valence electrons. The molecule has 21 heavy (non-hydrogen) atoms. The van der Waals surface area contributed by atoms with Gasteiger partial charge < -0.3 is 10.6 Å². The summed E-state index contributed by atoms with van der Waals surface area (Å²) in [6, 6.07) is 4.22. The van der Waals surface area contributed by atoms with Crippen molar-refractivity contribution >= 4 is 33.2 Å². The van der Waals surface area contributed by atoms with Crippen LogP contribution in [0, 0.1) is 0 Å². The first-order valence-electron chi connectivity index (χ1n) is 6.11. The molecule has 8 nitrogen and oxygen atoms in total. The summed E-state index contributed by atoms with van der Waals surface area (Å²) in [5.41, 5.74) is 6.52. The standard InChI is InChI=1S/C12H16N4O4S/c1-15(2)21(19,20)8-3-4-10(9(13)5-8)16-6-11(17)14-12(18)7-16/h3-5H,6-7,13H2,1-2H3,(H,14,17,18). The summed E-state index contributed by atoms with van der Waals surface area (Å²) in [5.74, 6) is -0.841. The summed E-state index contributed by atoms with van der Waals surface area (Å²) < 4.78 is 25.1. The van der Waals surface area contributed by atoms with Crippen LogP contribution in [0.15, 0.2) is 23.1 Å². The van der Waals surface area contributed by atoms with Crippen LogP contribution in [-0.2, 0) is 19.6 Å². The first kappa shape index (κ1) is 15.3. The summed E-state index contributed by atoms with van der Waals surface area (Å²) >= 11 is 0. The quantitative estimate of drug-likeness (QED) is 0.546. The average molecular weight is 312 g/mol. The van der Waals surface area contributed by atoms with Gasteiger partial charge in [-0.25, -0.2) is 12.7 Å². The Balaban J connectivity index is 2.36. The van der Waals surface area contributed by atoms with E-state index in [1.54, 1.807) is 0 Å². The van der Waals surface area contributed by atoms with Gasteiger partial charge in [-0.3, -0.25) is 14.9 Å². The molecule has 3 N–H and O–H groups in total. The van der Waals surface area contributed by atoms with E-state index in [2.05, 4.69) is 5.32 Å². The summed E-state index contributed by atoms with van der Waals surface area (Å²) in [5, 5.41) is 2.19. The molecule has 1 aromatic carbocycles. The second-order valence-electron chi connectivity index (χ2n) is 4.84. The normalized spacial score (nSPS) is 16.2. The maximum Gasteiger partial charge on any atom is 0.246 e. The largest absolute Gasteiger partial charge is 0.397 e. The van der Waals surface area contributed by atoms with Crippen molar-refractivity contribution in [3.8, 4) is 0 Å². The van der Waals surface area contributed by atoms with Crippen molar-refractivity contribution in [2.24, 2.45) is 0 Å². The molecule has 0 unspecified atom stereocenters. The van der Waals surface area contributed by atoms with Crippen LogP contribution in [0.25, 0.3) is 0 Å². The van der Waals surface area contributed by atoms with E-state index in [0.717, 1.165) is 4.31 Å². The number of nitrogens with two attached hydrogens (primary N) is 1. The van der Waals surface area contributed by atoms with E-state index in [0.29, 0.717) is 5.69 Å². The van der Waals surface area contributed by atoms with Crippen LogP contribution in [0.3, 0.4) is 0 Å². The van der Waals surface area contributed by atoms with Crippen molar-refractivity contribution in [3.63, 3.8) is 0 Å². The number of carbonyl (C=O) groups is 2. The molecular weight excluding hydrogens is 296 g/mol. The highest BCUT2D eigenvalue weighted by Crippen LogP contribution is 2.27. The maximum atomic E-state index is 12.0. The van der Waals surface area contributed by atoms with Crippen LogP contribution >= 0.6 is 0 Å². The molecule has 0 aromatic heterocycles. The molecule has 1 heterocycles. The van der Waals surface area contributed by atoms with E-state index < -0.39 is 21.8 Å². The lowest BCUT2D eigenvalue weighted by Gasteiger charge is -2.28. The number of amides is 2. The minimum Gasteiger partial charge on any atom is -0.397 e. The smallest absolute Gasteiger partial charge is 0.246 e. The highest BCUT2D eigenvalue weighted by molar-refractivity contribution is 7.89. The predicted molar refractivity (Wildman–Crippen MR) is 77.1 cm³/mol. The zero-order valence-electron chi connectivity index (χ0n) is 11.7. The molecule has 0 radical (unpaired) electrons. The molecule has 9 heteroatoms. The lowest BCUT2D eigenvalue weighted by molar-refractivity contribution is -0.130. The van der Waals surface area contributed by atoms with Crippen molar-refractivity contribution in [1.82, 2.24) is 9.62 Å². The predicted octanol–water partition coefficient (Wildman–Crippen LogP) is -1.02. The number of piperazine rings is 1. The average Bonchev–Trinajstić information content (AvgIpc) is 2.37. The third-order valence-electron chi connectivity index (χ3n) is 3.07. The van der Waals surface area contributed by atoms with Crippen LogP contribution < -0.4 is 16.0 Å². The van der Waals surface area contributed by atoms with E-state index in [1.165, 1.54) is 37.2 Å². The molecule has 0 saturated carbocycles. The number of hydrogen-bond donors (Lipinski definition) is 2. The second-order valence-corrected chi connectivity index (χ2v) is 6.99. The summed E-state index contributed by atoms with van der Waals surface area (Å²) in [4.78, 5) is 24.3. The highest BCUT2D eigenvalue weighted by Gasteiger charge is 2.25. The first-order chi connectivity index (χ1) is 9.71. The van der Waals surface area contributed by atoms with Crippen molar-refractivity contribution in [1.29, 1.82) is 0 Å². The van der Waals surface area contributed by atoms with Gasteiger partial charge in [0.1, 0.15) is 0 Å². The van der Waals surface area contributed by atoms with Gasteiger partial charge in [-0.1, -0.05) is 0 Å². The SMILES string of the molecule is CN(C)S(=O)(=O)c1ccc(N2CC(=O)NC(=O)C2)c(N)c1. The number of nitrogens with one attached hydrogen (secondary N) is 1. The fourth-order valence-corrected chi connectivity index (χ4v) is 2.94. The number of carbonyl (C=O) groups excluding carboxylic acids is 2. The number of imide groups is 1. The van der Waals surface area contributed by atoms with Crippen LogP contribution in [-0.4, -0.2) is 51.7 Å². The Morgan fingerprint density at radius 2 is 1.76 bits per heavy atom. The molecule has 1 aromatic rings. The van der Waals surface area contributed by atoms with Crippen LogP contribution in [0.5, 0.6) is 0 Å². The van der Waals surface area contributed by atoms with Crippen molar-refractivity contribution in [3.05, 3.63) is 18.2 Å². The minimum absolute atomic E-state index is 0.00425. The first-order valence-corrected chi connectivity index (χ1v) is 7.55. The van der Waals surface area contributed by atoms with Crippen LogP contribution in [0.2, 0.25) is 0 Å². The molecule has 1 aliphatic heterocycles. The zero-order chi connectivity index (χ0) is 15.8. The molecule has 0 bridgehead atoms. The number of benzene rings is 1. The lowest BCUT2D eigenvalue weighted by Crippen LogP contribution is -2.51. The molecule has 2 rings (SSSR count). The van der Waals surface area contributed by atoms with Gasteiger partial charge in [0, 0.05) is 14.1 Å². The molecular formula is C12H16N4O4S. The molecule has 1 aliphatic rings. The number of rotatable bonds is 3. The van der Waals surface area contributed by atoms with Gasteiger partial charge in [-0.2, -0.15) is 0 Å². The molecule has 0 aliphatic carbocycles. The van der Waals surface area contributed by atoms with Gasteiger partial charge in [0.2, 0.25) is 21.8 Å². The van der Waals surface area contributed by atoms with E-state index >= 15 is 0 Å².